The highest BCUT2D eigenvalue weighted by molar-refractivity contribution is 5.90. The summed E-state index contributed by atoms with van der Waals surface area (Å²) < 4.78 is 15.6. The number of carbonyl (C=O) groups is 2. The summed E-state index contributed by atoms with van der Waals surface area (Å²) in [4.78, 5) is 31.7. The summed E-state index contributed by atoms with van der Waals surface area (Å²) in [5.41, 5.74) is 6.15. The van der Waals surface area contributed by atoms with E-state index in [1.54, 1.807) is 0 Å². The van der Waals surface area contributed by atoms with Crippen molar-refractivity contribution in [3.8, 4) is 0 Å². The number of nitrogens with zero attached hydrogens (tertiary/aromatic N) is 3. The van der Waals surface area contributed by atoms with Crippen LogP contribution in [-0.4, -0.2) is 69.3 Å². The quantitative estimate of drug-likeness (QED) is 0.214. The first kappa shape index (κ1) is 39.4. The molecular weight excluding hydrogens is 654 g/mol. The van der Waals surface area contributed by atoms with Crippen molar-refractivity contribution in [3.05, 3.63) is 23.8 Å². The van der Waals surface area contributed by atoms with Crippen LogP contribution in [0.4, 0.5) is 0 Å². The lowest BCUT2D eigenvalue weighted by atomic mass is 9.34. The zero-order chi connectivity index (χ0) is 38.4. The smallest absolute Gasteiger partial charge is 0.307 e. The minimum Gasteiger partial charge on any atom is -0.481 e. The first-order valence-corrected chi connectivity index (χ1v) is 20.2. The van der Waals surface area contributed by atoms with Gasteiger partial charge in [0, 0.05) is 22.4 Å². The van der Waals surface area contributed by atoms with Gasteiger partial charge in [-0.2, -0.15) is 5.10 Å². The fraction of sp³-hybridized carbons (Fsp3) is 0.857. The molecule has 4 N–H and O–H groups in total. The molecule has 0 spiro atoms. The topological polar surface area (TPSA) is 142 Å². The highest BCUT2D eigenvalue weighted by Gasteiger charge is 2.72. The zero-order valence-electron chi connectivity index (χ0n) is 34.2. The second-order valence-corrected chi connectivity index (χ2v) is 20.2. The van der Waals surface area contributed by atoms with Gasteiger partial charge in [0.2, 0.25) is 5.82 Å². The Hall–Kier alpha value is -2.30. The van der Waals surface area contributed by atoms with Crippen molar-refractivity contribution in [1.82, 2.24) is 20.1 Å². The van der Waals surface area contributed by atoms with Gasteiger partial charge in [0.25, 0.3) is 5.91 Å². The van der Waals surface area contributed by atoms with Crippen molar-refractivity contribution in [1.29, 1.82) is 0 Å². The SMILES string of the molecule is CC(C)NC(=O)c1ncnn1[C@@H]1C[C@@]23COC[C@@](C)([C@@H]2CC[C@H]2C3=CC[C@@]3(C)[C@H](C(=O)O)[C@@](C)([C@H](C)C(C)C)CC[C@]23C)[C@H]1OC[C@](C)(N)C(C)C. The number of aliphatic carboxylic acids is 1. The average molecular weight is 724 g/mol. The largest absolute Gasteiger partial charge is 0.481 e. The number of amides is 1. The number of hydrogen-bond acceptors (Lipinski definition) is 7. The number of carboxylic acids is 1. The van der Waals surface area contributed by atoms with Crippen molar-refractivity contribution in [2.75, 3.05) is 19.8 Å². The fourth-order valence-electron chi connectivity index (χ4n) is 12.5. The zero-order valence-corrected chi connectivity index (χ0v) is 34.2. The molecule has 2 heterocycles. The van der Waals surface area contributed by atoms with E-state index >= 15 is 0 Å². The Balaban J connectivity index is 1.47. The van der Waals surface area contributed by atoms with Crippen LogP contribution in [0.2, 0.25) is 0 Å². The highest BCUT2D eigenvalue weighted by Crippen LogP contribution is 2.75. The van der Waals surface area contributed by atoms with Crippen LogP contribution in [0.1, 0.15) is 138 Å². The molecule has 10 nitrogen and oxygen atoms in total. The Morgan fingerprint density at radius 3 is 2.38 bits per heavy atom. The third-order valence-electron chi connectivity index (χ3n) is 16.5. The summed E-state index contributed by atoms with van der Waals surface area (Å²) in [5.74, 6) is 0.370. The molecule has 0 radical (unpaired) electrons. The number of nitrogens with one attached hydrogen (secondary N) is 1. The van der Waals surface area contributed by atoms with Gasteiger partial charge in [-0.25, -0.2) is 9.67 Å². The summed E-state index contributed by atoms with van der Waals surface area (Å²) in [7, 11) is 0. The maximum atomic E-state index is 13.6. The normalized spacial score (nSPS) is 41.8. The number of carbonyl (C=O) groups excluding carboxylic acids is 1. The van der Waals surface area contributed by atoms with Gasteiger partial charge in [-0.05, 0) is 105 Å². The third-order valence-corrected chi connectivity index (χ3v) is 16.5. The van der Waals surface area contributed by atoms with Crippen LogP contribution < -0.4 is 11.1 Å². The lowest BCUT2D eigenvalue weighted by molar-refractivity contribution is -0.252. The number of ether oxygens (including phenoxy) is 2. The molecule has 0 aromatic carbocycles. The molecule has 2 bridgehead atoms. The molecule has 3 saturated carbocycles. The Kier molecular flexibility index (Phi) is 9.98. The molecule has 52 heavy (non-hydrogen) atoms. The van der Waals surface area contributed by atoms with E-state index in [0.717, 1.165) is 32.1 Å². The minimum absolute atomic E-state index is 0.0506. The maximum absolute atomic E-state index is 13.6. The van der Waals surface area contributed by atoms with E-state index in [-0.39, 0.29) is 69.4 Å². The van der Waals surface area contributed by atoms with Crippen molar-refractivity contribution >= 4 is 11.9 Å². The molecule has 4 aliphatic carbocycles. The second kappa shape index (κ2) is 13.2. The fourth-order valence-corrected chi connectivity index (χ4v) is 12.5. The molecule has 6 rings (SSSR count). The van der Waals surface area contributed by atoms with Crippen LogP contribution in [0.5, 0.6) is 0 Å². The van der Waals surface area contributed by atoms with Crippen molar-refractivity contribution in [3.63, 3.8) is 0 Å². The Bertz CT molecular complexity index is 1570. The van der Waals surface area contributed by atoms with Crippen LogP contribution in [0.15, 0.2) is 18.0 Å². The number of fused-ring (bicyclic) bond motifs is 3. The number of allylic oxidation sites excluding steroid dienone is 1. The molecule has 292 valence electrons. The lowest BCUT2D eigenvalue weighted by Crippen LogP contribution is -2.69. The summed E-state index contributed by atoms with van der Waals surface area (Å²) in [6.45, 7) is 27.8. The number of nitrogens with two attached hydrogens (primary N) is 1. The standard InChI is InChI=1S/C42H69N5O5/c1-24(2)27(7)37(8)17-18-39(10)28-13-14-31-38(9)20-51-22-42(31,29(28)15-16-40(39,11)32(37)36(49)50)19-30(33(38)52-21-41(12,43)25(3)4)47-34(44-23-45-47)35(48)46-26(5)6/h15,23-28,30-33H,13-14,16-22,43H2,1-12H3,(H,46,48)(H,49,50)/t27-,28+,30-,31+,32-,33+,37-,38+,39-,40+,41+,42+/m1/s1. The van der Waals surface area contributed by atoms with Gasteiger partial charge in [-0.1, -0.05) is 74.0 Å². The van der Waals surface area contributed by atoms with E-state index in [1.165, 1.54) is 11.9 Å². The Morgan fingerprint density at radius 2 is 1.77 bits per heavy atom. The highest BCUT2D eigenvalue weighted by atomic mass is 16.5. The predicted molar refractivity (Wildman–Crippen MR) is 202 cm³/mol. The van der Waals surface area contributed by atoms with E-state index in [4.69, 9.17) is 20.3 Å². The van der Waals surface area contributed by atoms with Crippen molar-refractivity contribution in [2.24, 2.45) is 68.3 Å². The van der Waals surface area contributed by atoms with Gasteiger partial charge in [-0.15, -0.1) is 0 Å². The van der Waals surface area contributed by atoms with Gasteiger partial charge in [0.1, 0.15) is 6.33 Å². The molecule has 1 aromatic heterocycles. The van der Waals surface area contributed by atoms with Gasteiger partial charge < -0.3 is 25.6 Å². The average Bonchev–Trinajstić information content (AvgIpc) is 3.54. The van der Waals surface area contributed by atoms with E-state index in [0.29, 0.717) is 38.0 Å². The molecule has 0 unspecified atom stereocenters. The monoisotopic (exact) mass is 724 g/mol. The third kappa shape index (κ3) is 5.65. The molecule has 5 aliphatic rings. The number of carboxylic acid groups (broad SMARTS) is 1. The molecule has 1 amide bonds. The molecule has 10 heteroatoms. The first-order chi connectivity index (χ1) is 24.1. The van der Waals surface area contributed by atoms with Crippen LogP contribution >= 0.6 is 0 Å². The number of aromatic nitrogens is 3. The van der Waals surface area contributed by atoms with Crippen LogP contribution in [-0.2, 0) is 14.3 Å². The number of hydrogen-bond donors (Lipinski definition) is 3. The van der Waals surface area contributed by atoms with Crippen molar-refractivity contribution in [2.45, 2.75) is 145 Å². The summed E-state index contributed by atoms with van der Waals surface area (Å²) >= 11 is 0. The van der Waals surface area contributed by atoms with Crippen LogP contribution in [0.25, 0.3) is 0 Å². The minimum atomic E-state index is -0.648. The van der Waals surface area contributed by atoms with E-state index in [9.17, 15) is 14.7 Å². The van der Waals surface area contributed by atoms with E-state index in [1.807, 2.05) is 25.5 Å². The van der Waals surface area contributed by atoms with Crippen molar-refractivity contribution < 1.29 is 24.2 Å². The van der Waals surface area contributed by atoms with Gasteiger partial charge in [-0.3, -0.25) is 9.59 Å². The molecular formula is C42H69N5O5. The second-order valence-electron chi connectivity index (χ2n) is 20.2. The molecule has 4 fully saturated rings. The Morgan fingerprint density at radius 1 is 1.08 bits per heavy atom. The number of rotatable bonds is 10. The van der Waals surface area contributed by atoms with Gasteiger partial charge in [0.15, 0.2) is 0 Å². The van der Waals surface area contributed by atoms with E-state index < -0.39 is 22.8 Å². The maximum Gasteiger partial charge on any atom is 0.307 e. The van der Waals surface area contributed by atoms with Crippen LogP contribution in [0.3, 0.4) is 0 Å². The van der Waals surface area contributed by atoms with Gasteiger partial charge >= 0.3 is 5.97 Å². The molecule has 1 aliphatic heterocycles. The summed E-state index contributed by atoms with van der Waals surface area (Å²) in [6, 6.07) is -0.331. The summed E-state index contributed by atoms with van der Waals surface area (Å²) in [5, 5.41) is 18.9. The first-order valence-electron chi connectivity index (χ1n) is 20.2. The predicted octanol–water partition coefficient (Wildman–Crippen LogP) is 7.30. The Labute approximate surface area is 312 Å². The molecule has 1 aromatic rings. The molecule has 1 saturated heterocycles. The molecule has 12 atom stereocenters. The van der Waals surface area contributed by atoms with Gasteiger partial charge in [0.05, 0.1) is 37.9 Å². The lowest BCUT2D eigenvalue weighted by Gasteiger charge is -2.71. The van der Waals surface area contributed by atoms with E-state index in [2.05, 4.69) is 78.7 Å². The summed E-state index contributed by atoms with van der Waals surface area (Å²) in [6.07, 6.45) is 9.02. The van der Waals surface area contributed by atoms with Crippen LogP contribution in [0, 0.1) is 62.6 Å².